The molecule has 1 aromatic heterocycles. The number of piperazine rings is 1. The monoisotopic (exact) mass is 394 g/mol. The number of fused-ring (bicyclic) bond motifs is 1. The van der Waals surface area contributed by atoms with Crippen LogP contribution in [-0.2, 0) is 6.42 Å². The normalized spacial score (nSPS) is 17.8. The molecule has 6 nitrogen and oxygen atoms in total. The highest BCUT2D eigenvalue weighted by Gasteiger charge is 2.20. The summed E-state index contributed by atoms with van der Waals surface area (Å²) in [5, 5.41) is 8.60. The lowest BCUT2D eigenvalue weighted by Gasteiger charge is -2.37. The summed E-state index contributed by atoms with van der Waals surface area (Å²) in [6, 6.07) is 12.8. The van der Waals surface area contributed by atoms with E-state index < -0.39 is 0 Å². The van der Waals surface area contributed by atoms with Crippen molar-refractivity contribution in [2.24, 2.45) is 5.10 Å². The quantitative estimate of drug-likeness (QED) is 0.617. The number of hydrogen-bond acceptors (Lipinski definition) is 5. The molecule has 0 amide bonds. The van der Waals surface area contributed by atoms with Gasteiger partial charge < -0.3 is 15.1 Å². The van der Waals surface area contributed by atoms with Gasteiger partial charge in [-0.3, -0.25) is 10.4 Å². The minimum atomic E-state index is 0.685. The molecule has 0 bridgehead atoms. The number of aromatic nitrogens is 1. The summed E-state index contributed by atoms with van der Waals surface area (Å²) in [4.78, 5) is 9.06. The molecule has 2 N–H and O–H groups in total. The smallest absolute Gasteiger partial charge is 0.189 e. The highest BCUT2D eigenvalue weighted by atomic mass is 32.1. The highest BCUT2D eigenvalue weighted by Crippen LogP contribution is 2.20. The molecule has 7 heteroatoms. The van der Waals surface area contributed by atoms with Crippen molar-refractivity contribution < 1.29 is 0 Å². The van der Waals surface area contributed by atoms with E-state index in [0.717, 1.165) is 62.7 Å². The second-order valence-corrected chi connectivity index (χ2v) is 7.43. The third-order valence-corrected chi connectivity index (χ3v) is 5.67. The van der Waals surface area contributed by atoms with Crippen LogP contribution >= 0.6 is 12.2 Å². The Hall–Kier alpha value is -2.67. The van der Waals surface area contributed by atoms with Crippen LogP contribution in [0.25, 0.3) is 0 Å². The minimum Gasteiger partial charge on any atom is -0.383 e. The van der Waals surface area contributed by atoms with Crippen molar-refractivity contribution in [2.45, 2.75) is 19.8 Å². The van der Waals surface area contributed by atoms with Crippen LogP contribution in [0, 0.1) is 0 Å². The van der Waals surface area contributed by atoms with Crippen molar-refractivity contribution in [3.63, 3.8) is 0 Å². The molecule has 0 atom stereocenters. The van der Waals surface area contributed by atoms with E-state index in [1.165, 1.54) is 11.3 Å². The lowest BCUT2D eigenvalue weighted by Crippen LogP contribution is -2.51. The fourth-order valence-electron chi connectivity index (χ4n) is 3.62. The number of thiocarbonyl (C=S) groups is 1. The summed E-state index contributed by atoms with van der Waals surface area (Å²) in [5.41, 5.74) is 8.64. The number of rotatable bonds is 3. The van der Waals surface area contributed by atoms with Crippen LogP contribution in [-0.4, -0.2) is 53.4 Å². The Morgan fingerprint density at radius 3 is 2.71 bits per heavy atom. The summed E-state index contributed by atoms with van der Waals surface area (Å²) in [7, 11) is 0. The summed E-state index contributed by atoms with van der Waals surface area (Å²) in [6.07, 6.45) is 3.71. The molecule has 0 spiro atoms. The Balaban J connectivity index is 1.33. The van der Waals surface area contributed by atoms with Crippen LogP contribution in [0.4, 0.5) is 11.4 Å². The molecule has 3 heterocycles. The van der Waals surface area contributed by atoms with Gasteiger partial charge in [-0.15, -0.1) is 0 Å². The molecule has 0 radical (unpaired) electrons. The molecule has 4 rings (SSSR count). The molecule has 0 aliphatic carbocycles. The maximum atomic E-state index is 5.58. The van der Waals surface area contributed by atoms with Crippen molar-refractivity contribution in [2.75, 3.05) is 42.9 Å². The third-order valence-electron chi connectivity index (χ3n) is 5.32. The number of nitrogens with one attached hydrogen (secondary N) is 2. The Kier molecular flexibility index (Phi) is 5.71. The molecule has 28 heavy (non-hydrogen) atoms. The van der Waals surface area contributed by atoms with E-state index >= 15 is 0 Å². The number of hydrazone groups is 1. The summed E-state index contributed by atoms with van der Waals surface area (Å²) < 4.78 is 0. The maximum Gasteiger partial charge on any atom is 0.189 e. The van der Waals surface area contributed by atoms with E-state index in [1.54, 1.807) is 6.20 Å². The minimum absolute atomic E-state index is 0.685. The number of pyridine rings is 1. The molecule has 2 aliphatic rings. The summed E-state index contributed by atoms with van der Waals surface area (Å²) in [5.74, 6) is 0. The van der Waals surface area contributed by atoms with Gasteiger partial charge in [0.2, 0.25) is 0 Å². The van der Waals surface area contributed by atoms with Gasteiger partial charge in [0, 0.05) is 51.0 Å². The van der Waals surface area contributed by atoms with Gasteiger partial charge in [-0.1, -0.05) is 19.1 Å². The predicted octanol–water partition coefficient (Wildman–Crippen LogP) is 2.86. The Morgan fingerprint density at radius 2 is 1.96 bits per heavy atom. The average molecular weight is 395 g/mol. The topological polar surface area (TPSA) is 55.8 Å². The molecule has 1 aromatic carbocycles. The molecule has 0 unspecified atom stereocenters. The number of aryl methyl sites for hydroxylation is 1. The number of nitrogens with zero attached hydrogens (tertiary/aromatic N) is 4. The van der Waals surface area contributed by atoms with Gasteiger partial charge in [-0.05, 0) is 48.5 Å². The first kappa shape index (κ1) is 18.7. The zero-order valence-electron chi connectivity index (χ0n) is 16.2. The first-order valence-electron chi connectivity index (χ1n) is 9.89. The number of hydrogen-bond donors (Lipinski definition) is 2. The molecule has 2 aromatic rings. The summed E-state index contributed by atoms with van der Waals surface area (Å²) >= 11 is 5.58. The van der Waals surface area contributed by atoms with E-state index in [0.29, 0.717) is 5.11 Å². The van der Waals surface area contributed by atoms with Crippen molar-refractivity contribution in [1.82, 2.24) is 15.3 Å². The second kappa shape index (κ2) is 8.56. The number of anilines is 2. The molecule has 0 saturated carbocycles. The van der Waals surface area contributed by atoms with Crippen molar-refractivity contribution in [1.29, 1.82) is 0 Å². The van der Waals surface area contributed by atoms with Gasteiger partial charge in [0.05, 0.1) is 11.4 Å². The molecule has 1 fully saturated rings. The van der Waals surface area contributed by atoms with Crippen LogP contribution in [0.3, 0.4) is 0 Å². The molecule has 1 saturated heterocycles. The van der Waals surface area contributed by atoms with Gasteiger partial charge in [0.15, 0.2) is 5.11 Å². The molecular formula is C21H26N6S. The second-order valence-electron chi connectivity index (χ2n) is 7.05. The van der Waals surface area contributed by atoms with Gasteiger partial charge in [-0.2, -0.15) is 5.10 Å². The zero-order valence-corrected chi connectivity index (χ0v) is 17.0. The Labute approximate surface area is 171 Å². The van der Waals surface area contributed by atoms with Crippen LogP contribution < -0.4 is 15.6 Å². The fraction of sp³-hybridized carbons (Fsp3) is 0.381. The fourth-order valence-corrected chi connectivity index (χ4v) is 3.85. The molecule has 2 aliphatic heterocycles. The van der Waals surface area contributed by atoms with Crippen molar-refractivity contribution in [3.8, 4) is 0 Å². The van der Waals surface area contributed by atoms with Gasteiger partial charge in [-0.25, -0.2) is 0 Å². The van der Waals surface area contributed by atoms with E-state index in [1.807, 2.05) is 12.1 Å². The van der Waals surface area contributed by atoms with Gasteiger partial charge in [0.25, 0.3) is 0 Å². The van der Waals surface area contributed by atoms with E-state index in [9.17, 15) is 0 Å². The Bertz CT molecular complexity index is 855. The first-order chi connectivity index (χ1) is 13.7. The molecule has 146 valence electrons. The zero-order chi connectivity index (χ0) is 19.3. The first-order valence-corrected chi connectivity index (χ1v) is 10.3. The van der Waals surface area contributed by atoms with E-state index in [-0.39, 0.29) is 0 Å². The highest BCUT2D eigenvalue weighted by molar-refractivity contribution is 7.80. The standard InChI is InChI=1S/C21H26N6S/c1-2-16-5-7-17(8-6-16)26-12-14-27(15-13-26)21(28)25-24-19-9-11-22-18-4-3-10-23-20(18)19/h3-8,10,22H,2,9,11-15H2,1H3,(H,25,28)/b24-19-. The number of benzene rings is 1. The average Bonchev–Trinajstić information content (AvgIpc) is 2.77. The van der Waals surface area contributed by atoms with Crippen LogP contribution in [0.1, 0.15) is 24.6 Å². The maximum absolute atomic E-state index is 5.58. The van der Waals surface area contributed by atoms with Gasteiger partial charge >= 0.3 is 0 Å². The third kappa shape index (κ3) is 4.09. The Morgan fingerprint density at radius 1 is 1.18 bits per heavy atom. The SMILES string of the molecule is CCc1ccc(N2CCN(C(=S)N/N=C3/CCNc4cccnc43)CC2)cc1. The van der Waals surface area contributed by atoms with Crippen LogP contribution in [0.15, 0.2) is 47.7 Å². The van der Waals surface area contributed by atoms with Crippen molar-refractivity contribution >= 4 is 34.4 Å². The summed E-state index contributed by atoms with van der Waals surface area (Å²) in [6.45, 7) is 6.74. The molecular weight excluding hydrogens is 368 g/mol. The predicted molar refractivity (Wildman–Crippen MR) is 119 cm³/mol. The van der Waals surface area contributed by atoms with Crippen LogP contribution in [0.2, 0.25) is 0 Å². The van der Waals surface area contributed by atoms with E-state index in [4.69, 9.17) is 12.2 Å². The lowest BCUT2D eigenvalue weighted by atomic mass is 10.1. The van der Waals surface area contributed by atoms with Crippen molar-refractivity contribution in [3.05, 3.63) is 53.9 Å². The largest absolute Gasteiger partial charge is 0.383 e. The van der Waals surface area contributed by atoms with E-state index in [2.05, 4.69) is 61.8 Å². The van der Waals surface area contributed by atoms with Gasteiger partial charge in [0.1, 0.15) is 5.69 Å². The lowest BCUT2D eigenvalue weighted by molar-refractivity contribution is 0.381. The van der Waals surface area contributed by atoms with Crippen LogP contribution in [0.5, 0.6) is 0 Å².